The third-order valence-electron chi connectivity index (χ3n) is 2.70. The van der Waals surface area contributed by atoms with Crippen LogP contribution in [0.5, 0.6) is 0 Å². The van der Waals surface area contributed by atoms with Gasteiger partial charge in [0, 0.05) is 0 Å². The number of benzene rings is 1. The lowest BCUT2D eigenvalue weighted by atomic mass is 10.00. The summed E-state index contributed by atoms with van der Waals surface area (Å²) >= 11 is 0. The zero-order valence-corrected chi connectivity index (χ0v) is 9.05. The summed E-state index contributed by atoms with van der Waals surface area (Å²) in [5, 5.41) is 0. The van der Waals surface area contributed by atoms with Crippen molar-refractivity contribution in [3.05, 3.63) is 35.9 Å². The number of ether oxygens (including phenoxy) is 1. The van der Waals surface area contributed by atoms with Gasteiger partial charge < -0.3 is 4.74 Å². The highest BCUT2D eigenvalue weighted by atomic mass is 16.6. The van der Waals surface area contributed by atoms with E-state index >= 15 is 0 Å². The van der Waals surface area contributed by atoms with Crippen LogP contribution in [0.1, 0.15) is 18.4 Å². The fraction of sp³-hybridized carbons (Fsp3) is 0.333. The number of carbonyl (C=O) groups excluding carboxylic acids is 2. The van der Waals surface area contributed by atoms with E-state index < -0.39 is 6.09 Å². The Labute approximate surface area is 93.8 Å². The van der Waals surface area contributed by atoms with E-state index in [1.807, 2.05) is 30.3 Å². The van der Waals surface area contributed by atoms with Crippen LogP contribution in [0, 0.1) is 0 Å². The summed E-state index contributed by atoms with van der Waals surface area (Å²) in [5.41, 5.74) is 0.909. The molecule has 1 aliphatic rings. The summed E-state index contributed by atoms with van der Waals surface area (Å²) in [7, 11) is 0. The number of rotatable bonds is 2. The minimum Gasteiger partial charge on any atom is -0.447 e. The highest BCUT2D eigenvalue weighted by Gasteiger charge is 2.31. The Morgan fingerprint density at radius 2 is 2.06 bits per heavy atom. The third kappa shape index (κ3) is 1.91. The molecule has 0 spiro atoms. The Morgan fingerprint density at radius 1 is 1.38 bits per heavy atom. The van der Waals surface area contributed by atoms with Crippen LogP contribution in [-0.2, 0) is 9.53 Å². The molecule has 4 nitrogen and oxygen atoms in total. The van der Waals surface area contributed by atoms with Crippen molar-refractivity contribution in [2.75, 3.05) is 13.2 Å². The van der Waals surface area contributed by atoms with Gasteiger partial charge in [-0.1, -0.05) is 30.3 Å². The first-order chi connectivity index (χ1) is 7.70. The highest BCUT2D eigenvalue weighted by molar-refractivity contribution is 5.96. The van der Waals surface area contributed by atoms with E-state index in [4.69, 9.17) is 4.74 Å². The van der Waals surface area contributed by atoms with Gasteiger partial charge >= 0.3 is 6.09 Å². The van der Waals surface area contributed by atoms with E-state index in [1.54, 1.807) is 6.92 Å². The molecule has 1 aromatic carbocycles. The van der Waals surface area contributed by atoms with Crippen molar-refractivity contribution in [1.82, 2.24) is 4.90 Å². The van der Waals surface area contributed by atoms with Crippen LogP contribution in [0.4, 0.5) is 4.79 Å². The summed E-state index contributed by atoms with van der Waals surface area (Å²) in [4.78, 5) is 24.4. The van der Waals surface area contributed by atoms with Crippen molar-refractivity contribution in [2.45, 2.75) is 12.8 Å². The maximum Gasteiger partial charge on any atom is 0.416 e. The Kier molecular flexibility index (Phi) is 2.90. The molecular formula is C12H13NO3. The fourth-order valence-corrected chi connectivity index (χ4v) is 1.71. The van der Waals surface area contributed by atoms with Crippen LogP contribution in [0.3, 0.4) is 0 Å². The largest absolute Gasteiger partial charge is 0.447 e. The van der Waals surface area contributed by atoms with Crippen molar-refractivity contribution in [3.8, 4) is 0 Å². The van der Waals surface area contributed by atoms with Gasteiger partial charge in [-0.2, -0.15) is 0 Å². The summed E-state index contributed by atoms with van der Waals surface area (Å²) in [6, 6.07) is 9.40. The number of nitrogens with zero attached hydrogens (tertiary/aromatic N) is 1. The molecule has 2 amide bonds. The van der Waals surface area contributed by atoms with Crippen molar-refractivity contribution in [1.29, 1.82) is 0 Å². The Morgan fingerprint density at radius 3 is 2.62 bits per heavy atom. The molecule has 0 N–H and O–H groups in total. The van der Waals surface area contributed by atoms with Gasteiger partial charge in [0.1, 0.15) is 6.61 Å². The van der Waals surface area contributed by atoms with Crippen LogP contribution in [0.25, 0.3) is 0 Å². The van der Waals surface area contributed by atoms with Crippen molar-refractivity contribution in [3.63, 3.8) is 0 Å². The lowest BCUT2D eigenvalue weighted by Crippen LogP contribution is -2.34. The fourth-order valence-electron chi connectivity index (χ4n) is 1.71. The van der Waals surface area contributed by atoms with Gasteiger partial charge in [-0.05, 0) is 12.5 Å². The zero-order valence-electron chi connectivity index (χ0n) is 9.05. The first kappa shape index (κ1) is 10.7. The molecule has 1 heterocycles. The number of hydrogen-bond acceptors (Lipinski definition) is 3. The van der Waals surface area contributed by atoms with Gasteiger partial charge in [0.25, 0.3) is 0 Å². The van der Waals surface area contributed by atoms with E-state index in [9.17, 15) is 9.59 Å². The van der Waals surface area contributed by atoms with Gasteiger partial charge in [0.05, 0.1) is 12.5 Å². The third-order valence-corrected chi connectivity index (χ3v) is 2.70. The Balaban J connectivity index is 2.13. The maximum absolute atomic E-state index is 12.0. The minimum absolute atomic E-state index is 0.200. The van der Waals surface area contributed by atoms with Gasteiger partial charge in [0.15, 0.2) is 0 Å². The molecule has 0 unspecified atom stereocenters. The predicted octanol–water partition coefficient (Wildman–Crippen LogP) is 1.77. The molecule has 84 valence electrons. The average molecular weight is 219 g/mol. The molecule has 1 aliphatic heterocycles. The maximum atomic E-state index is 12.0. The molecule has 1 saturated heterocycles. The summed E-state index contributed by atoms with van der Waals surface area (Å²) in [6.45, 7) is 2.45. The van der Waals surface area contributed by atoms with E-state index in [1.165, 1.54) is 0 Å². The molecule has 0 aliphatic carbocycles. The Hall–Kier alpha value is -1.84. The number of hydrogen-bond donors (Lipinski definition) is 0. The molecule has 1 aromatic rings. The zero-order chi connectivity index (χ0) is 11.5. The van der Waals surface area contributed by atoms with E-state index in [0.717, 1.165) is 10.5 Å². The number of carbonyl (C=O) groups is 2. The first-order valence-electron chi connectivity index (χ1n) is 5.23. The summed E-state index contributed by atoms with van der Waals surface area (Å²) in [6.07, 6.45) is -0.534. The standard InChI is InChI=1S/C12H13NO3/c1-9(10-5-3-2-4-6-10)11(14)13-7-8-16-12(13)15/h2-6,9H,7-8H2,1H3/t9-/m0/s1. The molecular weight excluding hydrogens is 206 g/mol. The lowest BCUT2D eigenvalue weighted by molar-refractivity contribution is -0.128. The van der Waals surface area contributed by atoms with Gasteiger partial charge in [-0.15, -0.1) is 0 Å². The SMILES string of the molecule is C[C@H](C(=O)N1CCOC1=O)c1ccccc1. The highest BCUT2D eigenvalue weighted by Crippen LogP contribution is 2.19. The van der Waals surface area contributed by atoms with Crippen molar-refractivity contribution in [2.24, 2.45) is 0 Å². The second-order valence-electron chi connectivity index (χ2n) is 3.74. The molecule has 2 rings (SSSR count). The number of cyclic esters (lactones) is 1. The molecule has 0 bridgehead atoms. The second kappa shape index (κ2) is 4.35. The molecule has 1 atom stereocenters. The van der Waals surface area contributed by atoms with Crippen LogP contribution in [0.2, 0.25) is 0 Å². The van der Waals surface area contributed by atoms with Crippen LogP contribution < -0.4 is 0 Å². The smallest absolute Gasteiger partial charge is 0.416 e. The predicted molar refractivity (Wildman–Crippen MR) is 57.9 cm³/mol. The van der Waals surface area contributed by atoms with Crippen LogP contribution in [0.15, 0.2) is 30.3 Å². The molecule has 0 saturated carbocycles. The molecule has 1 fully saturated rings. The molecule has 0 radical (unpaired) electrons. The van der Waals surface area contributed by atoms with Gasteiger partial charge in [-0.25, -0.2) is 9.69 Å². The van der Waals surface area contributed by atoms with Crippen LogP contribution in [-0.4, -0.2) is 30.1 Å². The summed E-state index contributed by atoms with van der Waals surface area (Å²) < 4.78 is 4.74. The van der Waals surface area contributed by atoms with E-state index in [-0.39, 0.29) is 11.8 Å². The second-order valence-corrected chi connectivity index (χ2v) is 3.74. The quantitative estimate of drug-likeness (QED) is 0.761. The number of imide groups is 1. The lowest BCUT2D eigenvalue weighted by Gasteiger charge is -2.16. The van der Waals surface area contributed by atoms with E-state index in [2.05, 4.69) is 0 Å². The summed E-state index contributed by atoms with van der Waals surface area (Å²) in [5.74, 6) is -0.513. The minimum atomic E-state index is -0.534. The average Bonchev–Trinajstić information content (AvgIpc) is 2.75. The topological polar surface area (TPSA) is 46.6 Å². The molecule has 0 aromatic heterocycles. The van der Waals surface area contributed by atoms with Gasteiger partial charge in [-0.3, -0.25) is 4.79 Å². The first-order valence-corrected chi connectivity index (χ1v) is 5.23. The van der Waals surface area contributed by atoms with Gasteiger partial charge in [0.2, 0.25) is 5.91 Å². The molecule has 4 heteroatoms. The van der Waals surface area contributed by atoms with Crippen molar-refractivity contribution >= 4 is 12.0 Å². The van der Waals surface area contributed by atoms with Crippen molar-refractivity contribution < 1.29 is 14.3 Å². The normalized spacial score (nSPS) is 17.1. The number of amides is 2. The van der Waals surface area contributed by atoms with E-state index in [0.29, 0.717) is 13.2 Å². The Bertz CT molecular complexity index is 402. The van der Waals surface area contributed by atoms with Crippen LogP contribution >= 0.6 is 0 Å². The monoisotopic (exact) mass is 219 g/mol. The molecule has 16 heavy (non-hydrogen) atoms.